The van der Waals surface area contributed by atoms with E-state index in [1.165, 1.54) is 6.42 Å². The van der Waals surface area contributed by atoms with E-state index in [9.17, 15) is 14.0 Å². The number of carbonyl (C=O) groups excluding carboxylic acids is 2. The molecule has 3 aromatic rings. The van der Waals surface area contributed by atoms with Gasteiger partial charge in [0.1, 0.15) is 5.82 Å². The Hall–Kier alpha value is -2.71. The van der Waals surface area contributed by atoms with Crippen molar-refractivity contribution in [2.45, 2.75) is 78.0 Å². The lowest BCUT2D eigenvalue weighted by molar-refractivity contribution is -0.158. The molecule has 0 saturated carbocycles. The molecule has 0 spiro atoms. The number of aromatic nitrogens is 1. The minimum absolute atomic E-state index is 0.0117. The first-order chi connectivity index (χ1) is 20.2. The van der Waals surface area contributed by atoms with Gasteiger partial charge in [0.15, 0.2) is 0 Å². The van der Waals surface area contributed by atoms with Gasteiger partial charge in [-0.3, -0.25) is 9.59 Å². The molecule has 0 aliphatic carbocycles. The summed E-state index contributed by atoms with van der Waals surface area (Å²) in [6.45, 7) is 8.12. The van der Waals surface area contributed by atoms with Crippen LogP contribution in [0.2, 0.25) is 5.02 Å². The maximum atomic E-state index is 14.0. The number of hydrogen-bond donors (Lipinski definition) is 1. The number of piperidine rings is 1. The van der Waals surface area contributed by atoms with Crippen LogP contribution in [0.4, 0.5) is 10.2 Å². The summed E-state index contributed by atoms with van der Waals surface area (Å²) in [6, 6.07) is 13.2. The van der Waals surface area contributed by atoms with Gasteiger partial charge in [0, 0.05) is 58.8 Å². The van der Waals surface area contributed by atoms with E-state index in [2.05, 4.69) is 33.1 Å². The highest BCUT2D eigenvalue weighted by Crippen LogP contribution is 2.34. The van der Waals surface area contributed by atoms with Crippen molar-refractivity contribution in [1.29, 1.82) is 0 Å². The van der Waals surface area contributed by atoms with E-state index in [1.807, 2.05) is 50.2 Å². The number of amides is 1. The number of benzene rings is 2. The molecule has 42 heavy (non-hydrogen) atoms. The van der Waals surface area contributed by atoms with Gasteiger partial charge < -0.3 is 15.0 Å². The lowest BCUT2D eigenvalue weighted by Crippen LogP contribution is -2.37. The Kier molecular flexibility index (Phi) is 11.6. The first-order valence-corrected chi connectivity index (χ1v) is 16.1. The molecule has 1 aromatic heterocycles. The normalized spacial score (nSPS) is 16.7. The fourth-order valence-electron chi connectivity index (χ4n) is 5.77. The van der Waals surface area contributed by atoms with Gasteiger partial charge in [-0.1, -0.05) is 66.0 Å². The number of ether oxygens (including phenoxy) is 1. The van der Waals surface area contributed by atoms with Crippen LogP contribution in [0.5, 0.6) is 0 Å². The summed E-state index contributed by atoms with van der Waals surface area (Å²) in [6.07, 6.45) is 2.93. The van der Waals surface area contributed by atoms with Crippen molar-refractivity contribution in [3.63, 3.8) is 0 Å². The summed E-state index contributed by atoms with van der Waals surface area (Å²) in [5, 5.41) is 4.45. The monoisotopic (exact) mass is 659 g/mol. The van der Waals surface area contributed by atoms with Crippen LogP contribution in [0.1, 0.15) is 86.2 Å². The average molecular weight is 661 g/mol. The Morgan fingerprint density at radius 2 is 2.00 bits per heavy atom. The Labute approximate surface area is 261 Å². The summed E-state index contributed by atoms with van der Waals surface area (Å²) >= 11 is 10.1. The fraction of sp³-hybridized carbons (Fsp3) is 0.485. The molecule has 2 aromatic carbocycles. The van der Waals surface area contributed by atoms with E-state index in [0.29, 0.717) is 29.3 Å². The number of fused-ring (bicyclic) bond motifs is 1. The minimum atomic E-state index is -1.61. The molecule has 3 atom stereocenters. The zero-order valence-electron chi connectivity index (χ0n) is 24.6. The molecular formula is C33H40BrClFN3O3. The minimum Gasteiger partial charge on any atom is -0.431 e. The van der Waals surface area contributed by atoms with Gasteiger partial charge in [-0.15, -0.1) is 0 Å². The molecule has 1 saturated heterocycles. The van der Waals surface area contributed by atoms with Gasteiger partial charge in [0.05, 0.1) is 11.1 Å². The summed E-state index contributed by atoms with van der Waals surface area (Å²) in [5.74, 6) is 0.375. The molecule has 3 unspecified atom stereocenters. The van der Waals surface area contributed by atoms with E-state index < -0.39 is 12.3 Å². The highest BCUT2D eigenvalue weighted by atomic mass is 79.9. The molecule has 0 radical (unpaired) electrons. The average Bonchev–Trinajstić information content (AvgIpc) is 2.97. The summed E-state index contributed by atoms with van der Waals surface area (Å²) in [4.78, 5) is 33.7. The quantitative estimate of drug-likeness (QED) is 0.197. The molecule has 9 heteroatoms. The van der Waals surface area contributed by atoms with Crippen molar-refractivity contribution < 1.29 is 18.7 Å². The molecule has 0 bridgehead atoms. The van der Waals surface area contributed by atoms with Crippen LogP contribution in [0.25, 0.3) is 10.9 Å². The summed E-state index contributed by atoms with van der Waals surface area (Å²) in [7, 11) is 0. The van der Waals surface area contributed by atoms with Crippen molar-refractivity contribution in [1.82, 2.24) is 10.3 Å². The Balaban J connectivity index is 1.60. The number of carbonyl (C=O) groups is 2. The molecule has 1 aliphatic heterocycles. The highest BCUT2D eigenvalue weighted by Gasteiger charge is 2.26. The van der Waals surface area contributed by atoms with Crippen molar-refractivity contribution in [3.8, 4) is 0 Å². The standard InChI is InChI=1S/C33H40BrClFN3O3/c1-4-9-29(36)42-30(40)16-13-23(25-11-6-7-12-27(25)35)19-37-33(41)31-21(3)32(39-17-8-10-22(5-2)20-39)38-28-15-14-24(34)18-26(28)31/h6-7,11-12,14-15,18,22-23,29H,4-5,8-10,13,16-17,19-20H2,1-3H3,(H,37,41). The van der Waals surface area contributed by atoms with E-state index in [4.69, 9.17) is 21.3 Å². The first-order valence-electron chi connectivity index (χ1n) is 14.9. The maximum absolute atomic E-state index is 14.0. The number of hydrogen-bond acceptors (Lipinski definition) is 5. The third-order valence-corrected chi connectivity index (χ3v) is 8.95. The number of nitrogens with zero attached hydrogens (tertiary/aromatic N) is 2. The smallest absolute Gasteiger partial charge is 0.308 e. The lowest BCUT2D eigenvalue weighted by atomic mass is 9.93. The van der Waals surface area contributed by atoms with Gasteiger partial charge in [0.2, 0.25) is 6.36 Å². The van der Waals surface area contributed by atoms with Crippen molar-refractivity contribution >= 4 is 56.1 Å². The van der Waals surface area contributed by atoms with E-state index >= 15 is 0 Å². The van der Waals surface area contributed by atoms with E-state index in [0.717, 1.165) is 58.3 Å². The fourth-order valence-corrected chi connectivity index (χ4v) is 6.42. The molecule has 1 fully saturated rings. The predicted octanol–water partition coefficient (Wildman–Crippen LogP) is 8.52. The van der Waals surface area contributed by atoms with Gasteiger partial charge in [0.25, 0.3) is 5.91 Å². The number of pyridine rings is 1. The summed E-state index contributed by atoms with van der Waals surface area (Å²) in [5.41, 5.74) is 3.02. The molecule has 2 heterocycles. The Morgan fingerprint density at radius 1 is 1.21 bits per heavy atom. The number of nitrogens with one attached hydrogen (secondary N) is 1. The van der Waals surface area contributed by atoms with Crippen LogP contribution in [0.3, 0.4) is 0 Å². The van der Waals surface area contributed by atoms with Gasteiger partial charge >= 0.3 is 5.97 Å². The molecular weight excluding hydrogens is 621 g/mol. The topological polar surface area (TPSA) is 71.5 Å². The number of alkyl halides is 1. The molecule has 1 aliphatic rings. The highest BCUT2D eigenvalue weighted by molar-refractivity contribution is 9.10. The van der Waals surface area contributed by atoms with Crippen molar-refractivity contribution in [2.24, 2.45) is 5.92 Å². The van der Waals surface area contributed by atoms with E-state index in [1.54, 1.807) is 6.07 Å². The van der Waals surface area contributed by atoms with Crippen LogP contribution in [0.15, 0.2) is 46.9 Å². The van der Waals surface area contributed by atoms with Crippen molar-refractivity contribution in [2.75, 3.05) is 24.5 Å². The second-order valence-electron chi connectivity index (χ2n) is 11.1. The maximum Gasteiger partial charge on any atom is 0.308 e. The molecule has 1 amide bonds. The molecule has 6 nitrogen and oxygen atoms in total. The predicted molar refractivity (Wildman–Crippen MR) is 171 cm³/mol. The molecule has 226 valence electrons. The SMILES string of the molecule is CCCC(F)OC(=O)CCC(CNC(=O)c1c(C)c(N2CCCC(CC)C2)nc2ccc(Br)cc12)c1ccccc1Cl. The number of rotatable bonds is 12. The molecule has 4 rings (SSSR count). The first kappa shape index (κ1) is 32.2. The largest absolute Gasteiger partial charge is 0.431 e. The van der Waals surface area contributed by atoms with Crippen LogP contribution in [0, 0.1) is 12.8 Å². The van der Waals surface area contributed by atoms with Crippen molar-refractivity contribution in [3.05, 3.63) is 68.7 Å². The number of halogens is 3. The van der Waals surface area contributed by atoms with E-state index in [-0.39, 0.29) is 31.2 Å². The van der Waals surface area contributed by atoms with Crippen LogP contribution < -0.4 is 10.2 Å². The zero-order valence-corrected chi connectivity index (χ0v) is 26.9. The third-order valence-electron chi connectivity index (χ3n) is 8.11. The van der Waals surface area contributed by atoms with Crippen LogP contribution in [-0.2, 0) is 9.53 Å². The van der Waals surface area contributed by atoms with Gasteiger partial charge in [-0.2, -0.15) is 0 Å². The Morgan fingerprint density at radius 3 is 2.74 bits per heavy atom. The zero-order chi connectivity index (χ0) is 30.2. The van der Waals surface area contributed by atoms with Crippen LogP contribution in [-0.4, -0.2) is 42.9 Å². The summed E-state index contributed by atoms with van der Waals surface area (Å²) < 4.78 is 19.7. The number of esters is 1. The van der Waals surface area contributed by atoms with Gasteiger partial charge in [-0.25, -0.2) is 9.37 Å². The number of anilines is 1. The third kappa shape index (κ3) is 8.01. The Bertz CT molecular complexity index is 1400. The lowest BCUT2D eigenvalue weighted by Gasteiger charge is -2.34. The second-order valence-corrected chi connectivity index (χ2v) is 12.4. The van der Waals surface area contributed by atoms with Crippen LogP contribution >= 0.6 is 27.5 Å². The van der Waals surface area contributed by atoms with Gasteiger partial charge in [-0.05, 0) is 68.4 Å². The second kappa shape index (κ2) is 15.1. The molecule has 1 N–H and O–H groups in total.